The van der Waals surface area contributed by atoms with Crippen LogP contribution >= 0.6 is 0 Å². The normalized spacial score (nSPS) is 26.0. The van der Waals surface area contributed by atoms with Crippen LogP contribution < -0.4 is 5.32 Å². The highest BCUT2D eigenvalue weighted by atomic mass is 32.2. The van der Waals surface area contributed by atoms with Crippen molar-refractivity contribution in [2.75, 3.05) is 25.1 Å². The maximum Gasteiger partial charge on any atom is 0.147 e. The van der Waals surface area contributed by atoms with Gasteiger partial charge < -0.3 is 5.32 Å². The maximum absolute atomic E-state index is 11.2. The second-order valence-electron chi connectivity index (χ2n) is 5.43. The van der Waals surface area contributed by atoms with Crippen molar-refractivity contribution < 1.29 is 8.42 Å². The summed E-state index contributed by atoms with van der Waals surface area (Å²) in [4.78, 5) is 0. The molecule has 0 aromatic heterocycles. The average molecular weight is 261 g/mol. The van der Waals surface area contributed by atoms with Gasteiger partial charge in [0.05, 0.1) is 5.75 Å². The Balaban J connectivity index is 2.37. The Hall–Kier alpha value is -0.0900. The van der Waals surface area contributed by atoms with Crippen molar-refractivity contribution in [3.63, 3.8) is 0 Å². The van der Waals surface area contributed by atoms with Crippen LogP contribution in [0.25, 0.3) is 0 Å². The molecule has 1 aliphatic rings. The SMILES string of the molecule is CCCNCC1CCCCC1CCS(C)(=O)=O. The van der Waals surface area contributed by atoms with E-state index in [9.17, 15) is 8.42 Å². The molecule has 0 aromatic carbocycles. The fraction of sp³-hybridized carbons (Fsp3) is 1.00. The fourth-order valence-corrected chi connectivity index (χ4v) is 3.49. The maximum atomic E-state index is 11.2. The van der Waals surface area contributed by atoms with Crippen molar-refractivity contribution in [1.82, 2.24) is 5.32 Å². The minimum absolute atomic E-state index is 0.363. The van der Waals surface area contributed by atoms with Gasteiger partial charge in [0.2, 0.25) is 0 Å². The molecule has 1 N–H and O–H groups in total. The van der Waals surface area contributed by atoms with Crippen LogP contribution in [-0.2, 0) is 9.84 Å². The lowest BCUT2D eigenvalue weighted by Crippen LogP contribution is -2.32. The number of rotatable bonds is 7. The highest BCUT2D eigenvalue weighted by Crippen LogP contribution is 2.32. The summed E-state index contributed by atoms with van der Waals surface area (Å²) in [6, 6.07) is 0. The smallest absolute Gasteiger partial charge is 0.147 e. The first-order valence-electron chi connectivity index (χ1n) is 6.91. The highest BCUT2D eigenvalue weighted by Gasteiger charge is 2.25. The first kappa shape index (κ1) is 15.0. The third kappa shape index (κ3) is 6.41. The summed E-state index contributed by atoms with van der Waals surface area (Å²) in [5, 5.41) is 3.48. The number of sulfone groups is 1. The van der Waals surface area contributed by atoms with Gasteiger partial charge in [0, 0.05) is 6.26 Å². The van der Waals surface area contributed by atoms with Crippen LogP contribution in [0.3, 0.4) is 0 Å². The Morgan fingerprint density at radius 1 is 1.18 bits per heavy atom. The van der Waals surface area contributed by atoms with Crippen molar-refractivity contribution in [1.29, 1.82) is 0 Å². The van der Waals surface area contributed by atoms with Gasteiger partial charge in [0.25, 0.3) is 0 Å². The molecule has 0 radical (unpaired) electrons. The van der Waals surface area contributed by atoms with Gasteiger partial charge in [-0.3, -0.25) is 0 Å². The predicted octanol–water partition coefficient (Wildman–Crippen LogP) is 2.23. The lowest BCUT2D eigenvalue weighted by molar-refractivity contribution is 0.225. The molecule has 1 rings (SSSR count). The molecule has 0 heterocycles. The highest BCUT2D eigenvalue weighted by molar-refractivity contribution is 7.90. The van der Waals surface area contributed by atoms with Crippen molar-refractivity contribution in [2.24, 2.45) is 11.8 Å². The quantitative estimate of drug-likeness (QED) is 0.715. The number of hydrogen-bond donors (Lipinski definition) is 1. The Morgan fingerprint density at radius 2 is 1.82 bits per heavy atom. The van der Waals surface area contributed by atoms with Gasteiger partial charge in [-0.05, 0) is 44.2 Å². The molecule has 0 aromatic rings. The Morgan fingerprint density at radius 3 is 2.41 bits per heavy atom. The third-order valence-electron chi connectivity index (χ3n) is 3.76. The molecule has 0 amide bonds. The topological polar surface area (TPSA) is 46.2 Å². The van der Waals surface area contributed by atoms with Gasteiger partial charge in [0.1, 0.15) is 9.84 Å². The summed E-state index contributed by atoms with van der Waals surface area (Å²) in [6.07, 6.45) is 8.45. The first-order chi connectivity index (χ1) is 8.03. The molecule has 4 heteroatoms. The van der Waals surface area contributed by atoms with Crippen molar-refractivity contribution in [2.45, 2.75) is 45.4 Å². The van der Waals surface area contributed by atoms with E-state index >= 15 is 0 Å². The van der Waals surface area contributed by atoms with E-state index in [0.29, 0.717) is 17.6 Å². The average Bonchev–Trinajstić information content (AvgIpc) is 2.27. The van der Waals surface area contributed by atoms with E-state index in [0.717, 1.165) is 19.5 Å². The second kappa shape index (κ2) is 7.37. The largest absolute Gasteiger partial charge is 0.316 e. The zero-order valence-corrected chi connectivity index (χ0v) is 12.1. The molecule has 0 bridgehead atoms. The van der Waals surface area contributed by atoms with Gasteiger partial charge in [0.15, 0.2) is 0 Å². The summed E-state index contributed by atoms with van der Waals surface area (Å²) in [5.74, 6) is 1.67. The van der Waals surface area contributed by atoms with Crippen LogP contribution in [0.4, 0.5) is 0 Å². The molecule has 102 valence electrons. The number of hydrogen-bond acceptors (Lipinski definition) is 3. The minimum Gasteiger partial charge on any atom is -0.316 e. The molecule has 1 saturated carbocycles. The van der Waals surface area contributed by atoms with Crippen LogP contribution in [0, 0.1) is 11.8 Å². The molecular weight excluding hydrogens is 234 g/mol. The number of nitrogens with one attached hydrogen (secondary N) is 1. The lowest BCUT2D eigenvalue weighted by Gasteiger charge is -2.31. The second-order valence-corrected chi connectivity index (χ2v) is 7.69. The van der Waals surface area contributed by atoms with Crippen LogP contribution in [0.15, 0.2) is 0 Å². The predicted molar refractivity (Wildman–Crippen MR) is 72.9 cm³/mol. The van der Waals surface area contributed by atoms with Crippen LogP contribution in [0.2, 0.25) is 0 Å². The molecule has 0 saturated heterocycles. The van der Waals surface area contributed by atoms with E-state index in [1.807, 2.05) is 0 Å². The Kier molecular flexibility index (Phi) is 6.49. The van der Waals surface area contributed by atoms with Crippen LogP contribution in [0.1, 0.15) is 45.4 Å². The molecular formula is C13H27NO2S. The Bertz CT molecular complexity index is 301. The zero-order chi connectivity index (χ0) is 12.7. The van der Waals surface area contributed by atoms with E-state index in [2.05, 4.69) is 12.2 Å². The standard InChI is InChI=1S/C13H27NO2S/c1-3-9-14-11-13-7-5-4-6-12(13)8-10-17(2,15)16/h12-14H,3-11H2,1-2H3. The first-order valence-corrected chi connectivity index (χ1v) is 8.97. The zero-order valence-electron chi connectivity index (χ0n) is 11.2. The molecule has 17 heavy (non-hydrogen) atoms. The van der Waals surface area contributed by atoms with E-state index in [1.165, 1.54) is 38.4 Å². The third-order valence-corrected chi connectivity index (χ3v) is 4.74. The van der Waals surface area contributed by atoms with Crippen LogP contribution in [0.5, 0.6) is 0 Å². The summed E-state index contributed by atoms with van der Waals surface area (Å²) in [6.45, 7) is 4.33. The molecule has 3 nitrogen and oxygen atoms in total. The summed E-state index contributed by atoms with van der Waals surface area (Å²) >= 11 is 0. The molecule has 2 atom stereocenters. The molecule has 1 aliphatic carbocycles. The van der Waals surface area contributed by atoms with Gasteiger partial charge in [-0.15, -0.1) is 0 Å². The van der Waals surface area contributed by atoms with Crippen LogP contribution in [-0.4, -0.2) is 33.5 Å². The minimum atomic E-state index is -2.79. The van der Waals surface area contributed by atoms with E-state index in [4.69, 9.17) is 0 Å². The van der Waals surface area contributed by atoms with Crippen molar-refractivity contribution >= 4 is 9.84 Å². The summed E-state index contributed by atoms with van der Waals surface area (Å²) < 4.78 is 22.5. The van der Waals surface area contributed by atoms with Gasteiger partial charge in [-0.25, -0.2) is 8.42 Å². The lowest BCUT2D eigenvalue weighted by atomic mass is 9.78. The van der Waals surface area contributed by atoms with Gasteiger partial charge in [-0.1, -0.05) is 26.2 Å². The van der Waals surface area contributed by atoms with E-state index in [-0.39, 0.29) is 0 Å². The molecule has 0 spiro atoms. The van der Waals surface area contributed by atoms with E-state index in [1.54, 1.807) is 0 Å². The molecule has 1 fully saturated rings. The monoisotopic (exact) mass is 261 g/mol. The fourth-order valence-electron chi connectivity index (χ4n) is 2.76. The van der Waals surface area contributed by atoms with Crippen molar-refractivity contribution in [3.05, 3.63) is 0 Å². The molecule has 2 unspecified atom stereocenters. The van der Waals surface area contributed by atoms with E-state index < -0.39 is 9.84 Å². The summed E-state index contributed by atoms with van der Waals surface area (Å²) in [5.41, 5.74) is 0. The van der Waals surface area contributed by atoms with Gasteiger partial charge in [-0.2, -0.15) is 0 Å². The Labute approximate surface area is 106 Å². The van der Waals surface area contributed by atoms with Gasteiger partial charge >= 0.3 is 0 Å². The summed E-state index contributed by atoms with van der Waals surface area (Å²) in [7, 11) is -2.79. The molecule has 0 aliphatic heterocycles. The van der Waals surface area contributed by atoms with Crippen molar-refractivity contribution in [3.8, 4) is 0 Å².